The molecule has 0 unspecified atom stereocenters. The summed E-state index contributed by atoms with van der Waals surface area (Å²) in [6.45, 7) is 0.146. The quantitative estimate of drug-likeness (QED) is 0.476. The summed E-state index contributed by atoms with van der Waals surface area (Å²) in [5.41, 5.74) is 1.55. The molecule has 0 spiro atoms. The van der Waals surface area contributed by atoms with Gasteiger partial charge in [0.25, 0.3) is 0 Å². The molecule has 0 aliphatic rings. The molecular formula is C20H16ClF2N5O2. The van der Waals surface area contributed by atoms with E-state index in [1.54, 1.807) is 18.0 Å². The van der Waals surface area contributed by atoms with Crippen molar-refractivity contribution in [2.45, 2.75) is 0 Å². The Morgan fingerprint density at radius 3 is 2.70 bits per heavy atom. The van der Waals surface area contributed by atoms with Gasteiger partial charge in [0, 0.05) is 30.2 Å². The standard InChI is InChI=1S/C20H16ClF2N5O2/c1-28(8-9-29)19-16-17(12-4-2-3-5-13(12)21)26-27-18(16)24-20(25-19)30-15-7-6-11(22)10-14(15)23/h2-7,10,29H,8-9H2,1H3,(H,24,25,26,27). The van der Waals surface area contributed by atoms with Gasteiger partial charge < -0.3 is 14.7 Å². The van der Waals surface area contributed by atoms with Crippen LogP contribution >= 0.6 is 11.6 Å². The molecule has 2 heterocycles. The Labute approximate surface area is 174 Å². The lowest BCUT2D eigenvalue weighted by atomic mass is 10.1. The zero-order valence-corrected chi connectivity index (χ0v) is 16.5. The van der Waals surface area contributed by atoms with Gasteiger partial charge in [0.15, 0.2) is 17.2 Å². The highest BCUT2D eigenvalue weighted by molar-refractivity contribution is 6.33. The molecule has 2 aromatic carbocycles. The molecule has 154 valence electrons. The van der Waals surface area contributed by atoms with Gasteiger partial charge in [-0.2, -0.15) is 15.1 Å². The lowest BCUT2D eigenvalue weighted by molar-refractivity contribution is 0.303. The molecular weight excluding hydrogens is 416 g/mol. The number of aromatic amines is 1. The van der Waals surface area contributed by atoms with Crippen molar-refractivity contribution in [2.24, 2.45) is 0 Å². The molecule has 0 aliphatic carbocycles. The van der Waals surface area contributed by atoms with Crippen LogP contribution in [0.3, 0.4) is 0 Å². The van der Waals surface area contributed by atoms with Crippen molar-refractivity contribution >= 4 is 28.5 Å². The fraction of sp³-hybridized carbons (Fsp3) is 0.150. The fourth-order valence-electron chi connectivity index (χ4n) is 2.98. The average molecular weight is 432 g/mol. The van der Waals surface area contributed by atoms with E-state index in [9.17, 15) is 13.9 Å². The Balaban J connectivity index is 1.86. The third-order valence-electron chi connectivity index (χ3n) is 4.41. The van der Waals surface area contributed by atoms with Crippen molar-refractivity contribution < 1.29 is 18.6 Å². The van der Waals surface area contributed by atoms with E-state index in [-0.39, 0.29) is 30.6 Å². The van der Waals surface area contributed by atoms with Crippen molar-refractivity contribution in [1.29, 1.82) is 0 Å². The monoisotopic (exact) mass is 431 g/mol. The van der Waals surface area contributed by atoms with Gasteiger partial charge in [0.2, 0.25) is 0 Å². The lowest BCUT2D eigenvalue weighted by Crippen LogP contribution is -2.22. The minimum atomic E-state index is -0.886. The number of hydrogen-bond acceptors (Lipinski definition) is 6. The molecule has 4 rings (SSSR count). The second kappa shape index (κ2) is 8.21. The van der Waals surface area contributed by atoms with Crippen molar-refractivity contribution in [3.8, 4) is 23.0 Å². The van der Waals surface area contributed by atoms with Gasteiger partial charge in [0.1, 0.15) is 11.6 Å². The maximum atomic E-state index is 14.0. The minimum Gasteiger partial charge on any atom is -0.421 e. The topological polar surface area (TPSA) is 87.2 Å². The maximum absolute atomic E-state index is 14.0. The number of aliphatic hydroxyl groups excluding tert-OH is 1. The van der Waals surface area contributed by atoms with E-state index >= 15 is 0 Å². The van der Waals surface area contributed by atoms with Crippen LogP contribution in [0.15, 0.2) is 42.5 Å². The molecule has 4 aromatic rings. The van der Waals surface area contributed by atoms with Crippen LogP contribution in [0.4, 0.5) is 14.6 Å². The predicted molar refractivity (Wildman–Crippen MR) is 109 cm³/mol. The summed E-state index contributed by atoms with van der Waals surface area (Å²) < 4.78 is 32.6. The van der Waals surface area contributed by atoms with Crippen LogP contribution in [0.2, 0.25) is 5.02 Å². The average Bonchev–Trinajstić information content (AvgIpc) is 3.14. The molecule has 0 bridgehead atoms. The Hall–Kier alpha value is -3.30. The molecule has 30 heavy (non-hydrogen) atoms. The molecule has 0 saturated carbocycles. The molecule has 2 N–H and O–H groups in total. The van der Waals surface area contributed by atoms with Gasteiger partial charge in [-0.1, -0.05) is 29.8 Å². The first-order chi connectivity index (χ1) is 14.5. The number of hydrogen-bond donors (Lipinski definition) is 2. The van der Waals surface area contributed by atoms with E-state index in [1.165, 1.54) is 0 Å². The van der Waals surface area contributed by atoms with Gasteiger partial charge in [-0.05, 0) is 18.2 Å². The highest BCUT2D eigenvalue weighted by Gasteiger charge is 2.21. The Kier molecular flexibility index (Phi) is 5.47. The number of nitrogens with one attached hydrogen (secondary N) is 1. The van der Waals surface area contributed by atoms with Crippen molar-refractivity contribution in [3.05, 3.63) is 59.1 Å². The van der Waals surface area contributed by atoms with E-state index in [4.69, 9.17) is 16.3 Å². The second-order valence-corrected chi connectivity index (χ2v) is 6.84. The predicted octanol–water partition coefficient (Wildman–Crippen LogP) is 4.17. The largest absolute Gasteiger partial charge is 0.421 e. The Morgan fingerprint density at radius 2 is 1.97 bits per heavy atom. The molecule has 2 aromatic heterocycles. The number of rotatable bonds is 6. The number of nitrogens with zero attached hydrogens (tertiary/aromatic N) is 4. The Morgan fingerprint density at radius 1 is 1.17 bits per heavy atom. The molecule has 0 aliphatic heterocycles. The summed E-state index contributed by atoms with van der Waals surface area (Å²) in [6.07, 6.45) is 0. The molecule has 0 saturated heterocycles. The summed E-state index contributed by atoms with van der Waals surface area (Å²) in [5.74, 6) is -1.44. The Bertz CT molecular complexity index is 1220. The molecule has 0 atom stereocenters. The normalized spacial score (nSPS) is 11.1. The molecule has 0 amide bonds. The van der Waals surface area contributed by atoms with Gasteiger partial charge in [-0.3, -0.25) is 5.10 Å². The van der Waals surface area contributed by atoms with E-state index in [2.05, 4.69) is 20.2 Å². The van der Waals surface area contributed by atoms with Crippen LogP contribution < -0.4 is 9.64 Å². The summed E-state index contributed by atoms with van der Waals surface area (Å²) >= 11 is 6.34. The molecule has 0 fully saturated rings. The fourth-order valence-corrected chi connectivity index (χ4v) is 3.21. The van der Waals surface area contributed by atoms with Gasteiger partial charge >= 0.3 is 6.01 Å². The number of halogens is 3. The number of fused-ring (bicyclic) bond motifs is 1. The summed E-state index contributed by atoms with van der Waals surface area (Å²) in [5, 5.41) is 17.6. The van der Waals surface area contributed by atoms with Crippen LogP contribution in [0.1, 0.15) is 0 Å². The number of H-pyrrole nitrogens is 1. The highest BCUT2D eigenvalue weighted by atomic mass is 35.5. The maximum Gasteiger partial charge on any atom is 0.326 e. The molecule has 10 heteroatoms. The first-order valence-electron chi connectivity index (χ1n) is 8.94. The van der Waals surface area contributed by atoms with Gasteiger partial charge in [-0.25, -0.2) is 8.78 Å². The SMILES string of the molecule is CN(CCO)c1nc(Oc2ccc(F)cc2F)nc2n[nH]c(-c3ccccc3Cl)c12. The summed E-state index contributed by atoms with van der Waals surface area (Å²) in [7, 11) is 1.73. The van der Waals surface area contributed by atoms with Crippen molar-refractivity contribution in [1.82, 2.24) is 20.2 Å². The van der Waals surface area contributed by atoms with E-state index in [1.807, 2.05) is 18.2 Å². The number of benzene rings is 2. The van der Waals surface area contributed by atoms with Crippen LogP contribution in [0.5, 0.6) is 11.8 Å². The van der Waals surface area contributed by atoms with Crippen LogP contribution in [-0.4, -0.2) is 45.5 Å². The summed E-state index contributed by atoms with van der Waals surface area (Å²) in [6, 6.07) is 9.96. The van der Waals surface area contributed by atoms with Crippen LogP contribution in [-0.2, 0) is 0 Å². The second-order valence-electron chi connectivity index (χ2n) is 6.43. The zero-order valence-electron chi connectivity index (χ0n) is 15.7. The molecule has 0 radical (unpaired) electrons. The van der Waals surface area contributed by atoms with E-state index in [0.29, 0.717) is 33.6 Å². The number of anilines is 1. The van der Waals surface area contributed by atoms with Crippen molar-refractivity contribution in [3.63, 3.8) is 0 Å². The smallest absolute Gasteiger partial charge is 0.326 e. The van der Waals surface area contributed by atoms with Crippen LogP contribution in [0, 0.1) is 11.6 Å². The first kappa shape index (κ1) is 20.0. The van der Waals surface area contributed by atoms with Crippen molar-refractivity contribution in [2.75, 3.05) is 25.1 Å². The lowest BCUT2D eigenvalue weighted by Gasteiger charge is -2.19. The van der Waals surface area contributed by atoms with E-state index in [0.717, 1.165) is 12.1 Å². The third-order valence-corrected chi connectivity index (χ3v) is 4.74. The number of ether oxygens (including phenoxy) is 1. The first-order valence-corrected chi connectivity index (χ1v) is 9.31. The number of aromatic nitrogens is 4. The van der Waals surface area contributed by atoms with Crippen LogP contribution in [0.25, 0.3) is 22.3 Å². The van der Waals surface area contributed by atoms with Gasteiger partial charge in [-0.15, -0.1) is 0 Å². The minimum absolute atomic E-state index is 0.121. The third kappa shape index (κ3) is 3.77. The van der Waals surface area contributed by atoms with Gasteiger partial charge in [0.05, 0.1) is 17.7 Å². The number of likely N-dealkylation sites (N-methyl/N-ethyl adjacent to an activating group) is 1. The van der Waals surface area contributed by atoms with E-state index < -0.39 is 11.6 Å². The number of aliphatic hydroxyl groups is 1. The highest BCUT2D eigenvalue weighted by Crippen LogP contribution is 2.36. The molecule has 7 nitrogen and oxygen atoms in total. The zero-order chi connectivity index (χ0) is 21.3. The summed E-state index contributed by atoms with van der Waals surface area (Å²) in [4.78, 5) is 10.3.